The second-order valence-corrected chi connectivity index (χ2v) is 7.66. The summed E-state index contributed by atoms with van der Waals surface area (Å²) in [5, 5.41) is 0. The van der Waals surface area contributed by atoms with Crippen LogP contribution in [0.25, 0.3) is 0 Å². The van der Waals surface area contributed by atoms with Gasteiger partial charge < -0.3 is 4.90 Å². The Balaban J connectivity index is 3.54. The van der Waals surface area contributed by atoms with Crippen LogP contribution in [0.1, 0.15) is 84.8 Å². The predicted molar refractivity (Wildman–Crippen MR) is 96.7 cm³/mol. The first-order valence-corrected chi connectivity index (χ1v) is 8.72. The average molecular weight is 321 g/mol. The average Bonchev–Trinajstić information content (AvgIpc) is 2.38. The second-order valence-electron chi connectivity index (χ2n) is 7.66. The summed E-state index contributed by atoms with van der Waals surface area (Å²) in [6.07, 6.45) is 0.504. The third kappa shape index (κ3) is 4.55. The fourth-order valence-corrected chi connectivity index (χ4v) is 3.15. The predicted octanol–water partition coefficient (Wildman–Crippen LogP) is 5.86. The maximum atomic E-state index is 14.4. The van der Waals surface area contributed by atoms with Gasteiger partial charge in [-0.1, -0.05) is 41.5 Å². The lowest BCUT2D eigenvalue weighted by Crippen LogP contribution is -2.38. The van der Waals surface area contributed by atoms with Gasteiger partial charge in [-0.15, -0.1) is 0 Å². The molecule has 23 heavy (non-hydrogen) atoms. The van der Waals surface area contributed by atoms with Gasteiger partial charge in [-0.3, -0.25) is 4.79 Å². The molecule has 0 saturated heterocycles. The van der Waals surface area contributed by atoms with E-state index in [1.807, 2.05) is 46.4 Å². The third-order valence-corrected chi connectivity index (χ3v) is 3.99. The summed E-state index contributed by atoms with van der Waals surface area (Å²) < 4.78 is 14.4. The van der Waals surface area contributed by atoms with Gasteiger partial charge in [0.25, 0.3) is 0 Å². The minimum atomic E-state index is -0.174. The van der Waals surface area contributed by atoms with Crippen LogP contribution in [0.3, 0.4) is 0 Å². The van der Waals surface area contributed by atoms with E-state index in [9.17, 15) is 9.18 Å². The van der Waals surface area contributed by atoms with Crippen molar-refractivity contribution in [2.45, 2.75) is 79.7 Å². The van der Waals surface area contributed by atoms with E-state index in [1.165, 1.54) is 6.07 Å². The van der Waals surface area contributed by atoms with Crippen LogP contribution in [-0.2, 0) is 4.79 Å². The lowest BCUT2D eigenvalue weighted by atomic mass is 9.88. The molecule has 0 saturated carbocycles. The van der Waals surface area contributed by atoms with Gasteiger partial charge in [-0.2, -0.15) is 0 Å². The maximum Gasteiger partial charge on any atom is 0.227 e. The minimum absolute atomic E-state index is 0.0456. The highest BCUT2D eigenvalue weighted by atomic mass is 19.1. The number of nitrogens with zero attached hydrogens (tertiary/aromatic N) is 1. The van der Waals surface area contributed by atoms with Crippen LogP contribution in [0.5, 0.6) is 0 Å². The van der Waals surface area contributed by atoms with E-state index in [-0.39, 0.29) is 29.6 Å². The minimum Gasteiger partial charge on any atom is -0.310 e. The van der Waals surface area contributed by atoms with Crippen molar-refractivity contribution in [3.8, 4) is 0 Å². The van der Waals surface area contributed by atoms with Gasteiger partial charge in [0, 0.05) is 18.2 Å². The van der Waals surface area contributed by atoms with E-state index in [1.54, 1.807) is 6.07 Å². The molecule has 0 heterocycles. The van der Waals surface area contributed by atoms with Crippen molar-refractivity contribution in [2.24, 2.45) is 5.92 Å². The Kier molecular flexibility index (Phi) is 6.79. The van der Waals surface area contributed by atoms with Crippen molar-refractivity contribution in [3.05, 3.63) is 29.1 Å². The molecule has 0 atom stereocenters. The molecule has 0 aliphatic rings. The summed E-state index contributed by atoms with van der Waals surface area (Å²) in [6.45, 7) is 16.3. The molecule has 1 amide bonds. The molecule has 0 radical (unpaired) electrons. The molecule has 3 heteroatoms. The summed E-state index contributed by atoms with van der Waals surface area (Å²) in [4.78, 5) is 14.6. The van der Waals surface area contributed by atoms with Crippen LogP contribution in [0, 0.1) is 11.7 Å². The van der Waals surface area contributed by atoms with Crippen LogP contribution < -0.4 is 4.90 Å². The highest BCUT2D eigenvalue weighted by molar-refractivity contribution is 5.95. The maximum absolute atomic E-state index is 14.4. The zero-order valence-corrected chi connectivity index (χ0v) is 15.9. The summed E-state index contributed by atoms with van der Waals surface area (Å²) in [5.74, 6) is 0.481. The molecule has 0 N–H and O–H groups in total. The molecular weight excluding hydrogens is 289 g/mol. The molecule has 0 aromatic heterocycles. The SMILES string of the molecule is CC(C)CC(=O)N(c1ccc(F)c(C(C)C)c1C(C)C)C(C)C. The van der Waals surface area contributed by atoms with Gasteiger partial charge in [-0.25, -0.2) is 4.39 Å². The first-order valence-electron chi connectivity index (χ1n) is 8.72. The highest BCUT2D eigenvalue weighted by Crippen LogP contribution is 2.37. The smallest absolute Gasteiger partial charge is 0.227 e. The van der Waals surface area contributed by atoms with E-state index in [4.69, 9.17) is 0 Å². The largest absolute Gasteiger partial charge is 0.310 e. The quantitative estimate of drug-likeness (QED) is 0.642. The van der Waals surface area contributed by atoms with Crippen molar-refractivity contribution in [3.63, 3.8) is 0 Å². The van der Waals surface area contributed by atoms with Crippen LogP contribution in [0.15, 0.2) is 12.1 Å². The van der Waals surface area contributed by atoms with E-state index in [0.717, 1.165) is 16.8 Å². The number of carbonyl (C=O) groups is 1. The zero-order chi connectivity index (χ0) is 17.9. The normalized spacial score (nSPS) is 11.9. The zero-order valence-electron chi connectivity index (χ0n) is 15.9. The number of halogens is 1. The Labute approximate surface area is 141 Å². The molecule has 0 aliphatic carbocycles. The molecule has 0 spiro atoms. The Hall–Kier alpha value is -1.38. The van der Waals surface area contributed by atoms with E-state index < -0.39 is 0 Å². The highest BCUT2D eigenvalue weighted by Gasteiger charge is 2.27. The number of carbonyl (C=O) groups excluding carboxylic acids is 1. The van der Waals surface area contributed by atoms with Gasteiger partial charge in [0.05, 0.1) is 0 Å². The van der Waals surface area contributed by atoms with Crippen molar-refractivity contribution in [1.29, 1.82) is 0 Å². The van der Waals surface area contributed by atoms with E-state index in [2.05, 4.69) is 13.8 Å². The monoisotopic (exact) mass is 321 g/mol. The van der Waals surface area contributed by atoms with Crippen LogP contribution in [0.4, 0.5) is 10.1 Å². The summed E-state index contributed by atoms with van der Waals surface area (Å²) >= 11 is 0. The number of hydrogen-bond donors (Lipinski definition) is 0. The molecule has 2 nitrogen and oxygen atoms in total. The number of rotatable bonds is 6. The molecular formula is C20H32FNO. The number of benzene rings is 1. The van der Waals surface area contributed by atoms with E-state index >= 15 is 0 Å². The van der Waals surface area contributed by atoms with Crippen molar-refractivity contribution < 1.29 is 9.18 Å². The Morgan fingerprint density at radius 3 is 1.87 bits per heavy atom. The Morgan fingerprint density at radius 2 is 1.48 bits per heavy atom. The lowest BCUT2D eigenvalue weighted by molar-refractivity contribution is -0.119. The first-order chi connectivity index (χ1) is 10.6. The van der Waals surface area contributed by atoms with Crippen molar-refractivity contribution in [2.75, 3.05) is 4.90 Å². The Bertz CT molecular complexity index is 547. The molecule has 1 aromatic rings. The standard InChI is InChI=1S/C20H32FNO/c1-12(2)11-18(23)22(15(7)8)17-10-9-16(21)19(13(3)4)20(17)14(5)6/h9-10,12-15H,11H2,1-8H3. The van der Waals surface area contributed by atoms with E-state index in [0.29, 0.717) is 12.3 Å². The molecule has 130 valence electrons. The van der Waals surface area contributed by atoms with Gasteiger partial charge >= 0.3 is 0 Å². The molecule has 1 aromatic carbocycles. The lowest BCUT2D eigenvalue weighted by Gasteiger charge is -2.32. The van der Waals surface area contributed by atoms with Crippen LogP contribution in [0.2, 0.25) is 0 Å². The number of amides is 1. The third-order valence-electron chi connectivity index (χ3n) is 3.99. The number of anilines is 1. The topological polar surface area (TPSA) is 20.3 Å². The Morgan fingerprint density at radius 1 is 0.957 bits per heavy atom. The molecule has 0 bridgehead atoms. The summed E-state index contributed by atoms with van der Waals surface area (Å²) in [5.41, 5.74) is 2.57. The van der Waals surface area contributed by atoms with Crippen molar-refractivity contribution in [1.82, 2.24) is 0 Å². The van der Waals surface area contributed by atoms with Crippen molar-refractivity contribution >= 4 is 11.6 Å². The van der Waals surface area contributed by atoms with Gasteiger partial charge in [0.2, 0.25) is 5.91 Å². The molecule has 0 fully saturated rings. The number of hydrogen-bond acceptors (Lipinski definition) is 1. The van der Waals surface area contributed by atoms with Crippen LogP contribution in [-0.4, -0.2) is 11.9 Å². The van der Waals surface area contributed by atoms with Gasteiger partial charge in [0.1, 0.15) is 5.82 Å². The van der Waals surface area contributed by atoms with Gasteiger partial charge in [0.15, 0.2) is 0 Å². The fourth-order valence-electron chi connectivity index (χ4n) is 3.15. The molecule has 0 aliphatic heterocycles. The summed E-state index contributed by atoms with van der Waals surface area (Å²) in [7, 11) is 0. The fraction of sp³-hybridized carbons (Fsp3) is 0.650. The molecule has 0 unspecified atom stereocenters. The molecule has 1 rings (SSSR count). The second kappa shape index (κ2) is 7.94. The summed E-state index contributed by atoms with van der Waals surface area (Å²) in [6, 6.07) is 3.33. The van der Waals surface area contributed by atoms with Gasteiger partial charge in [-0.05, 0) is 54.9 Å². The van der Waals surface area contributed by atoms with Crippen LogP contribution >= 0.6 is 0 Å². The first kappa shape index (κ1) is 19.7.